The second-order valence-electron chi connectivity index (χ2n) is 5.03. The van der Waals surface area contributed by atoms with Crippen LogP contribution in [0.3, 0.4) is 0 Å². The summed E-state index contributed by atoms with van der Waals surface area (Å²) in [6.45, 7) is 6.02. The Hall–Kier alpha value is -3.15. The standard InChI is InChI=1S/C17H16N2O4/c1-12(2)11-23-16-5-3-4-14(10-16)18-17(20)13-6-8-15(9-7-13)19(21)22/h3-10H,1,11H2,2H3,(H,18,20). The fourth-order valence-corrected chi connectivity index (χ4v) is 1.81. The zero-order valence-electron chi connectivity index (χ0n) is 12.6. The van der Waals surface area contributed by atoms with Gasteiger partial charge in [-0.05, 0) is 36.8 Å². The van der Waals surface area contributed by atoms with E-state index in [0.29, 0.717) is 23.6 Å². The average Bonchev–Trinajstić information content (AvgIpc) is 2.53. The quantitative estimate of drug-likeness (QED) is 0.499. The van der Waals surface area contributed by atoms with Gasteiger partial charge in [0.25, 0.3) is 11.6 Å². The summed E-state index contributed by atoms with van der Waals surface area (Å²) in [6.07, 6.45) is 0. The summed E-state index contributed by atoms with van der Waals surface area (Å²) < 4.78 is 5.51. The van der Waals surface area contributed by atoms with Crippen LogP contribution in [-0.2, 0) is 0 Å². The maximum atomic E-state index is 12.1. The number of nitro benzene ring substituents is 1. The second-order valence-corrected chi connectivity index (χ2v) is 5.03. The third-order valence-electron chi connectivity index (χ3n) is 2.92. The van der Waals surface area contributed by atoms with E-state index < -0.39 is 4.92 Å². The van der Waals surface area contributed by atoms with Crippen molar-refractivity contribution in [3.63, 3.8) is 0 Å². The summed E-state index contributed by atoms with van der Waals surface area (Å²) in [4.78, 5) is 22.2. The Morgan fingerprint density at radius 3 is 2.57 bits per heavy atom. The van der Waals surface area contributed by atoms with Gasteiger partial charge in [0.1, 0.15) is 12.4 Å². The van der Waals surface area contributed by atoms with Crippen LogP contribution in [0.5, 0.6) is 5.75 Å². The highest BCUT2D eigenvalue weighted by atomic mass is 16.6. The van der Waals surface area contributed by atoms with Crippen molar-refractivity contribution in [2.45, 2.75) is 6.92 Å². The number of carbonyl (C=O) groups excluding carboxylic acids is 1. The predicted molar refractivity (Wildman–Crippen MR) is 87.8 cm³/mol. The molecule has 23 heavy (non-hydrogen) atoms. The second kappa shape index (κ2) is 7.22. The number of nitro groups is 1. The van der Waals surface area contributed by atoms with Crippen LogP contribution in [0.2, 0.25) is 0 Å². The highest BCUT2D eigenvalue weighted by molar-refractivity contribution is 6.04. The molecule has 0 aliphatic rings. The Labute approximate surface area is 133 Å². The number of nitrogens with zero attached hydrogens (tertiary/aromatic N) is 1. The van der Waals surface area contributed by atoms with Gasteiger partial charge in [0.2, 0.25) is 0 Å². The number of amides is 1. The predicted octanol–water partition coefficient (Wildman–Crippen LogP) is 3.80. The van der Waals surface area contributed by atoms with Gasteiger partial charge >= 0.3 is 0 Å². The third kappa shape index (κ3) is 4.67. The SMILES string of the molecule is C=C(C)COc1cccc(NC(=O)c2ccc([N+](=O)[O-])cc2)c1. The van der Waals surface area contributed by atoms with Gasteiger partial charge < -0.3 is 10.1 Å². The van der Waals surface area contributed by atoms with Crippen molar-refractivity contribution in [2.24, 2.45) is 0 Å². The fraction of sp³-hybridized carbons (Fsp3) is 0.118. The molecule has 0 aliphatic heterocycles. The van der Waals surface area contributed by atoms with Gasteiger partial charge in [-0.15, -0.1) is 0 Å². The van der Waals surface area contributed by atoms with E-state index in [1.54, 1.807) is 24.3 Å². The van der Waals surface area contributed by atoms with E-state index in [4.69, 9.17) is 4.74 Å². The van der Waals surface area contributed by atoms with Crippen LogP contribution < -0.4 is 10.1 Å². The molecule has 0 radical (unpaired) electrons. The average molecular weight is 312 g/mol. The molecule has 0 heterocycles. The lowest BCUT2D eigenvalue weighted by atomic mass is 10.2. The van der Waals surface area contributed by atoms with Gasteiger partial charge in [0.05, 0.1) is 4.92 Å². The molecule has 2 aromatic carbocycles. The molecule has 0 atom stereocenters. The monoisotopic (exact) mass is 312 g/mol. The molecule has 0 bridgehead atoms. The first-order chi connectivity index (χ1) is 11.0. The lowest BCUT2D eigenvalue weighted by Gasteiger charge is -2.09. The summed E-state index contributed by atoms with van der Waals surface area (Å²) in [6, 6.07) is 12.4. The first kappa shape index (κ1) is 16.2. The van der Waals surface area contributed by atoms with E-state index in [1.165, 1.54) is 24.3 Å². The molecule has 0 spiro atoms. The fourth-order valence-electron chi connectivity index (χ4n) is 1.81. The Morgan fingerprint density at radius 1 is 1.26 bits per heavy atom. The summed E-state index contributed by atoms with van der Waals surface area (Å²) >= 11 is 0. The molecule has 0 aliphatic carbocycles. The lowest BCUT2D eigenvalue weighted by Crippen LogP contribution is -2.12. The molecule has 0 fully saturated rings. The minimum atomic E-state index is -0.510. The van der Waals surface area contributed by atoms with Gasteiger partial charge in [-0.1, -0.05) is 12.6 Å². The molecule has 0 unspecified atom stereocenters. The van der Waals surface area contributed by atoms with Crippen molar-refractivity contribution < 1.29 is 14.5 Å². The van der Waals surface area contributed by atoms with Crippen molar-refractivity contribution in [2.75, 3.05) is 11.9 Å². The Morgan fingerprint density at radius 2 is 1.96 bits per heavy atom. The Bertz CT molecular complexity index is 739. The van der Waals surface area contributed by atoms with Crippen molar-refractivity contribution >= 4 is 17.3 Å². The molecular weight excluding hydrogens is 296 g/mol. The van der Waals surface area contributed by atoms with Gasteiger partial charge in [0.15, 0.2) is 0 Å². The lowest BCUT2D eigenvalue weighted by molar-refractivity contribution is -0.384. The van der Waals surface area contributed by atoms with Crippen molar-refractivity contribution in [1.82, 2.24) is 0 Å². The molecule has 0 aromatic heterocycles. The molecular formula is C17H16N2O4. The van der Waals surface area contributed by atoms with Crippen LogP contribution in [0, 0.1) is 10.1 Å². The zero-order chi connectivity index (χ0) is 16.8. The van der Waals surface area contributed by atoms with Crippen molar-refractivity contribution in [3.8, 4) is 5.75 Å². The first-order valence-electron chi connectivity index (χ1n) is 6.89. The van der Waals surface area contributed by atoms with Crippen LogP contribution in [0.1, 0.15) is 17.3 Å². The van der Waals surface area contributed by atoms with E-state index in [1.807, 2.05) is 6.92 Å². The number of rotatable bonds is 6. The number of anilines is 1. The normalized spacial score (nSPS) is 9.96. The number of carbonyl (C=O) groups is 1. The first-order valence-corrected chi connectivity index (χ1v) is 6.89. The van der Waals surface area contributed by atoms with Crippen LogP contribution in [0.4, 0.5) is 11.4 Å². The van der Waals surface area contributed by atoms with Gasteiger partial charge in [-0.3, -0.25) is 14.9 Å². The number of benzene rings is 2. The largest absolute Gasteiger partial charge is 0.489 e. The summed E-state index contributed by atoms with van der Waals surface area (Å²) in [5, 5.41) is 13.3. The van der Waals surface area contributed by atoms with Crippen molar-refractivity contribution in [3.05, 3.63) is 76.4 Å². The topological polar surface area (TPSA) is 81.5 Å². The Kier molecular flexibility index (Phi) is 5.09. The molecule has 1 N–H and O–H groups in total. The molecule has 1 amide bonds. The molecule has 0 saturated carbocycles. The number of hydrogen-bond donors (Lipinski definition) is 1. The molecule has 6 heteroatoms. The molecule has 2 aromatic rings. The molecule has 2 rings (SSSR count). The van der Waals surface area contributed by atoms with Crippen LogP contribution in [-0.4, -0.2) is 17.4 Å². The van der Waals surface area contributed by atoms with Crippen LogP contribution in [0.15, 0.2) is 60.7 Å². The molecule has 6 nitrogen and oxygen atoms in total. The third-order valence-corrected chi connectivity index (χ3v) is 2.92. The van der Waals surface area contributed by atoms with E-state index in [-0.39, 0.29) is 11.6 Å². The summed E-state index contributed by atoms with van der Waals surface area (Å²) in [5.74, 6) is 0.270. The number of ether oxygens (including phenoxy) is 1. The van der Waals surface area contributed by atoms with Gasteiger partial charge in [-0.2, -0.15) is 0 Å². The molecule has 0 saturated heterocycles. The Balaban J connectivity index is 2.06. The summed E-state index contributed by atoms with van der Waals surface area (Å²) in [5.41, 5.74) is 1.75. The van der Waals surface area contributed by atoms with Crippen molar-refractivity contribution in [1.29, 1.82) is 0 Å². The summed E-state index contributed by atoms with van der Waals surface area (Å²) in [7, 11) is 0. The van der Waals surface area contributed by atoms with Crippen LogP contribution in [0.25, 0.3) is 0 Å². The van der Waals surface area contributed by atoms with E-state index in [9.17, 15) is 14.9 Å². The van der Waals surface area contributed by atoms with Gasteiger partial charge in [-0.25, -0.2) is 0 Å². The minimum Gasteiger partial charge on any atom is -0.489 e. The number of nitrogens with one attached hydrogen (secondary N) is 1. The zero-order valence-corrected chi connectivity index (χ0v) is 12.6. The maximum absolute atomic E-state index is 12.1. The van der Waals surface area contributed by atoms with E-state index in [0.717, 1.165) is 5.57 Å². The van der Waals surface area contributed by atoms with E-state index >= 15 is 0 Å². The minimum absolute atomic E-state index is 0.0586. The van der Waals surface area contributed by atoms with Crippen LogP contribution >= 0.6 is 0 Å². The smallest absolute Gasteiger partial charge is 0.269 e. The highest BCUT2D eigenvalue weighted by Crippen LogP contribution is 2.19. The number of hydrogen-bond acceptors (Lipinski definition) is 4. The number of non-ortho nitro benzene ring substituents is 1. The maximum Gasteiger partial charge on any atom is 0.269 e. The van der Waals surface area contributed by atoms with Gasteiger partial charge in [0, 0.05) is 29.4 Å². The highest BCUT2D eigenvalue weighted by Gasteiger charge is 2.10. The van der Waals surface area contributed by atoms with E-state index in [2.05, 4.69) is 11.9 Å². The molecule has 118 valence electrons.